The molecule has 210 valence electrons. The number of rotatable bonds is 6. The van der Waals surface area contributed by atoms with Crippen LogP contribution in [0.25, 0.3) is 0 Å². The molecule has 0 saturated carbocycles. The van der Waals surface area contributed by atoms with Crippen molar-refractivity contribution in [2.75, 3.05) is 38.0 Å². The van der Waals surface area contributed by atoms with Gasteiger partial charge in [0.2, 0.25) is 0 Å². The van der Waals surface area contributed by atoms with E-state index in [0.717, 1.165) is 13.3 Å². The van der Waals surface area contributed by atoms with Crippen molar-refractivity contribution in [1.82, 2.24) is 0 Å². The number of benzene rings is 1. The summed E-state index contributed by atoms with van der Waals surface area (Å²) in [6.07, 6.45) is -23.2. The monoisotopic (exact) mass is 590 g/mol. The highest BCUT2D eigenvalue weighted by Gasteiger charge is 2.37. The molecule has 18 heteroatoms. The van der Waals surface area contributed by atoms with Crippen molar-refractivity contribution in [1.29, 1.82) is 0 Å². The van der Waals surface area contributed by atoms with E-state index in [9.17, 15) is 62.3 Å². The molecule has 0 spiro atoms. The Hall–Kier alpha value is -1.82. The fraction of sp³-hybridized carbons (Fsp3) is 0.556. The van der Waals surface area contributed by atoms with Crippen molar-refractivity contribution < 1.29 is 72.5 Å². The zero-order chi connectivity index (χ0) is 29.1. The number of hydrogen-bond donors (Lipinski definition) is 2. The summed E-state index contributed by atoms with van der Waals surface area (Å²) in [6, 6.07) is 5.48. The standard InChI is InChI=1S/C8H6O4.2C5H7F6P/c9-7(10)5-3-1-2-4-6(5)8(11)12;2*1-12(2-4(6,7)8)3-5(9,10)11/h1-4H,(H,9,10)(H,11,12);2*2-3H2,1H3. The molecule has 2 N–H and O–H groups in total. The number of carboxylic acids is 2. The van der Waals surface area contributed by atoms with Crippen LogP contribution in [0, 0.1) is 0 Å². The van der Waals surface area contributed by atoms with Crippen LogP contribution in [0.1, 0.15) is 20.7 Å². The first-order chi connectivity index (χ1) is 15.8. The summed E-state index contributed by atoms with van der Waals surface area (Å²) in [5.74, 6) is -2.46. The molecule has 0 fully saturated rings. The molecule has 4 nitrogen and oxygen atoms in total. The van der Waals surface area contributed by atoms with Gasteiger partial charge in [-0.3, -0.25) is 0 Å². The van der Waals surface area contributed by atoms with Crippen LogP contribution in [-0.4, -0.2) is 84.8 Å². The fourth-order valence-electron chi connectivity index (χ4n) is 2.19. The highest BCUT2D eigenvalue weighted by molar-refractivity contribution is 7.57. The molecule has 0 saturated heterocycles. The number of carbonyl (C=O) groups is 2. The molecule has 1 aromatic rings. The summed E-state index contributed by atoms with van der Waals surface area (Å²) < 4.78 is 138. The molecule has 0 aliphatic heterocycles. The smallest absolute Gasteiger partial charge is 0.392 e. The highest BCUT2D eigenvalue weighted by atomic mass is 31.1. The Morgan fingerprint density at radius 2 is 0.778 bits per heavy atom. The molecule has 0 radical (unpaired) electrons. The molecule has 0 aromatic heterocycles. The van der Waals surface area contributed by atoms with Gasteiger partial charge in [-0.1, -0.05) is 28.0 Å². The predicted molar refractivity (Wildman–Crippen MR) is 110 cm³/mol. The maximum Gasteiger partial charge on any atom is 0.392 e. The average Bonchev–Trinajstić information content (AvgIpc) is 2.55. The summed E-state index contributed by atoms with van der Waals surface area (Å²) in [4.78, 5) is 20.9. The van der Waals surface area contributed by atoms with E-state index in [2.05, 4.69) is 0 Å². The first kappa shape index (κ1) is 36.3. The molecule has 1 aromatic carbocycles. The average molecular weight is 590 g/mol. The molecule has 0 heterocycles. The van der Waals surface area contributed by atoms with E-state index in [4.69, 9.17) is 10.2 Å². The molecule has 0 bridgehead atoms. The zero-order valence-corrected chi connectivity index (χ0v) is 20.1. The van der Waals surface area contributed by atoms with Gasteiger partial charge in [0.15, 0.2) is 0 Å². The molecule has 0 aliphatic carbocycles. The van der Waals surface area contributed by atoms with Gasteiger partial charge in [-0.2, -0.15) is 52.7 Å². The van der Waals surface area contributed by atoms with Crippen LogP contribution < -0.4 is 0 Å². The van der Waals surface area contributed by atoms with Crippen LogP contribution in [0.2, 0.25) is 0 Å². The van der Waals surface area contributed by atoms with Gasteiger partial charge >= 0.3 is 36.6 Å². The lowest BCUT2D eigenvalue weighted by atomic mass is 10.1. The predicted octanol–water partition coefficient (Wildman–Crippen LogP) is 7.53. The van der Waals surface area contributed by atoms with E-state index in [0.29, 0.717) is 0 Å². The number of hydrogen-bond acceptors (Lipinski definition) is 2. The molecular formula is C18H20F12O4P2. The van der Waals surface area contributed by atoms with Crippen LogP contribution in [0.4, 0.5) is 52.7 Å². The zero-order valence-electron chi connectivity index (χ0n) is 18.3. The van der Waals surface area contributed by atoms with Gasteiger partial charge in [0, 0.05) is 0 Å². The second-order valence-corrected chi connectivity index (χ2v) is 11.7. The number of alkyl halides is 12. The Morgan fingerprint density at radius 3 is 0.917 bits per heavy atom. The molecule has 0 amide bonds. The van der Waals surface area contributed by atoms with Crippen molar-refractivity contribution in [3.63, 3.8) is 0 Å². The van der Waals surface area contributed by atoms with Gasteiger partial charge in [-0.15, -0.1) is 0 Å². The van der Waals surface area contributed by atoms with Gasteiger partial charge in [0.1, 0.15) is 0 Å². The van der Waals surface area contributed by atoms with E-state index in [1.807, 2.05) is 0 Å². The third kappa shape index (κ3) is 22.6. The Labute approximate surface area is 199 Å². The Bertz CT molecular complexity index is 721. The fourth-order valence-corrected chi connectivity index (χ4v) is 4.86. The highest BCUT2D eigenvalue weighted by Crippen LogP contribution is 2.43. The van der Waals surface area contributed by atoms with E-state index in [-0.39, 0.29) is 11.1 Å². The summed E-state index contributed by atoms with van der Waals surface area (Å²) >= 11 is 0. The quantitative estimate of drug-likeness (QED) is 0.266. The molecule has 0 aliphatic rings. The van der Waals surface area contributed by atoms with Crippen molar-refractivity contribution in [3.8, 4) is 0 Å². The lowest BCUT2D eigenvalue weighted by molar-refractivity contribution is -0.113. The number of aromatic carboxylic acids is 2. The SMILES string of the molecule is CP(CC(F)(F)F)CC(F)(F)F.CP(CC(F)(F)F)CC(F)(F)F.O=C(O)c1ccccc1C(=O)O. The first-order valence-corrected chi connectivity index (χ1v) is 13.3. The van der Waals surface area contributed by atoms with Gasteiger partial charge in [-0.05, 0) is 25.5 Å². The Balaban J connectivity index is 0. The minimum atomic E-state index is -4.48. The van der Waals surface area contributed by atoms with Crippen molar-refractivity contribution in [3.05, 3.63) is 35.4 Å². The van der Waals surface area contributed by atoms with E-state index < -0.39 is 77.1 Å². The second-order valence-electron chi connectivity index (χ2n) is 6.96. The van der Waals surface area contributed by atoms with Crippen molar-refractivity contribution in [2.45, 2.75) is 24.7 Å². The maximum atomic E-state index is 11.5. The molecule has 0 unspecified atom stereocenters. The van der Waals surface area contributed by atoms with Crippen LogP contribution in [0.5, 0.6) is 0 Å². The van der Waals surface area contributed by atoms with Gasteiger partial charge < -0.3 is 10.2 Å². The first-order valence-electron chi connectivity index (χ1n) is 9.02. The molecule has 0 atom stereocenters. The summed E-state index contributed by atoms with van der Waals surface area (Å²) in [5.41, 5.74) is -0.380. The lowest BCUT2D eigenvalue weighted by Crippen LogP contribution is -2.19. The minimum Gasteiger partial charge on any atom is -0.478 e. The van der Waals surface area contributed by atoms with Crippen LogP contribution >= 0.6 is 15.8 Å². The summed E-state index contributed by atoms with van der Waals surface area (Å²) in [7, 11) is -4.01. The summed E-state index contributed by atoms with van der Waals surface area (Å²) in [5, 5.41) is 17.1. The normalized spacial score (nSPS) is 12.4. The molecular weight excluding hydrogens is 570 g/mol. The Kier molecular flexibility index (Phi) is 14.9. The van der Waals surface area contributed by atoms with Gasteiger partial charge in [0.25, 0.3) is 0 Å². The number of halogens is 12. The van der Waals surface area contributed by atoms with E-state index in [1.54, 1.807) is 0 Å². The summed E-state index contributed by atoms with van der Waals surface area (Å²) in [6.45, 7) is 1.99. The van der Waals surface area contributed by atoms with Crippen LogP contribution in [-0.2, 0) is 0 Å². The van der Waals surface area contributed by atoms with Gasteiger partial charge in [-0.25, -0.2) is 9.59 Å². The van der Waals surface area contributed by atoms with E-state index in [1.165, 1.54) is 24.3 Å². The van der Waals surface area contributed by atoms with Crippen molar-refractivity contribution in [2.24, 2.45) is 0 Å². The van der Waals surface area contributed by atoms with Crippen LogP contribution in [0.15, 0.2) is 24.3 Å². The van der Waals surface area contributed by atoms with Crippen LogP contribution in [0.3, 0.4) is 0 Å². The largest absolute Gasteiger partial charge is 0.478 e. The molecule has 1 rings (SSSR count). The second kappa shape index (κ2) is 14.8. The lowest BCUT2D eigenvalue weighted by Gasteiger charge is -2.16. The van der Waals surface area contributed by atoms with Crippen molar-refractivity contribution >= 4 is 27.8 Å². The third-order valence-corrected chi connectivity index (χ3v) is 6.78. The van der Waals surface area contributed by atoms with Gasteiger partial charge in [0.05, 0.1) is 35.8 Å². The topological polar surface area (TPSA) is 74.6 Å². The van der Waals surface area contributed by atoms with E-state index >= 15 is 0 Å². The Morgan fingerprint density at radius 1 is 0.583 bits per heavy atom. The maximum absolute atomic E-state index is 11.5. The number of carboxylic acid groups (broad SMARTS) is 2. The molecule has 36 heavy (non-hydrogen) atoms. The minimum absolute atomic E-state index is 0.190. The third-order valence-electron chi connectivity index (χ3n) is 3.18.